The lowest BCUT2D eigenvalue weighted by molar-refractivity contribution is 0.0932. The topological polar surface area (TPSA) is 89.8 Å². The predicted octanol–water partition coefficient (Wildman–Crippen LogP) is 4.74. The van der Waals surface area contributed by atoms with Crippen LogP contribution >= 0.6 is 11.6 Å². The van der Waals surface area contributed by atoms with Gasteiger partial charge >= 0.3 is 0 Å². The van der Waals surface area contributed by atoms with Gasteiger partial charge in [0.2, 0.25) is 5.82 Å². The number of nitrogens with one attached hydrogen (secondary N) is 2. The van der Waals surface area contributed by atoms with Gasteiger partial charge in [0, 0.05) is 18.2 Å². The Bertz CT molecular complexity index is 1310. The van der Waals surface area contributed by atoms with Crippen molar-refractivity contribution in [3.63, 3.8) is 0 Å². The van der Waals surface area contributed by atoms with E-state index in [-0.39, 0.29) is 17.8 Å². The van der Waals surface area contributed by atoms with Gasteiger partial charge in [-0.05, 0) is 32.4 Å². The lowest BCUT2D eigenvalue weighted by Gasteiger charge is -2.16. The third-order valence-corrected chi connectivity index (χ3v) is 5.36. The van der Waals surface area contributed by atoms with Crippen molar-refractivity contribution in [3.05, 3.63) is 52.9 Å². The number of halogens is 1. The number of aryl methyl sites for hydroxylation is 1. The Kier molecular flexibility index (Phi) is 5.80. The van der Waals surface area contributed by atoms with Crippen LogP contribution in [0.2, 0.25) is 5.02 Å². The number of ether oxygens (including phenoxy) is 2. The highest BCUT2D eigenvalue weighted by Gasteiger charge is 2.21. The number of carbonyl (C=O) groups excluding carboxylic acids is 1. The number of aromatic nitrogens is 3. The van der Waals surface area contributed by atoms with Crippen molar-refractivity contribution in [1.29, 1.82) is 0 Å². The number of para-hydroxylation sites is 1. The number of methoxy groups -OCH3 is 2. The Morgan fingerprint density at radius 3 is 2.50 bits per heavy atom. The summed E-state index contributed by atoms with van der Waals surface area (Å²) >= 11 is 6.44. The summed E-state index contributed by atoms with van der Waals surface area (Å²) in [5.41, 5.74) is 3.57. The fourth-order valence-corrected chi connectivity index (χ4v) is 3.82. The smallest absolute Gasteiger partial charge is 0.287 e. The van der Waals surface area contributed by atoms with Crippen LogP contribution in [0.15, 0.2) is 36.5 Å². The molecule has 0 aliphatic heterocycles. The largest absolute Gasteiger partial charge is 0.493 e. The van der Waals surface area contributed by atoms with Crippen LogP contribution in [0.3, 0.4) is 0 Å². The molecule has 0 bridgehead atoms. The number of hydrogen-bond acceptors (Lipinski definition) is 6. The van der Waals surface area contributed by atoms with E-state index in [1.165, 1.54) is 0 Å². The van der Waals surface area contributed by atoms with Gasteiger partial charge in [-0.15, -0.1) is 0 Å². The number of imidazole rings is 1. The monoisotopic (exact) mass is 453 g/mol. The van der Waals surface area contributed by atoms with Crippen molar-refractivity contribution < 1.29 is 14.3 Å². The molecule has 4 rings (SSSR count). The molecule has 4 aromatic rings. The van der Waals surface area contributed by atoms with Crippen LogP contribution in [-0.2, 0) is 0 Å². The van der Waals surface area contributed by atoms with Crippen LogP contribution in [0.1, 0.15) is 30.0 Å². The number of benzene rings is 2. The summed E-state index contributed by atoms with van der Waals surface area (Å²) in [6, 6.07) is 9.16. The fraction of sp³-hybridized carbons (Fsp3) is 0.261. The number of hydrogen-bond donors (Lipinski definition) is 2. The minimum absolute atomic E-state index is 0.0408. The van der Waals surface area contributed by atoms with E-state index in [1.54, 1.807) is 43.0 Å². The quantitative estimate of drug-likeness (QED) is 0.438. The molecule has 0 atom stereocenters. The molecule has 0 aliphatic rings. The predicted molar refractivity (Wildman–Crippen MR) is 126 cm³/mol. The molecular formula is C23H24ClN5O3. The van der Waals surface area contributed by atoms with Crippen LogP contribution in [0, 0.1) is 6.92 Å². The summed E-state index contributed by atoms with van der Waals surface area (Å²) in [5, 5.41) is 6.79. The molecule has 2 aromatic carbocycles. The van der Waals surface area contributed by atoms with Gasteiger partial charge in [-0.25, -0.2) is 9.97 Å². The minimum Gasteiger partial charge on any atom is -0.493 e. The zero-order valence-corrected chi connectivity index (χ0v) is 19.2. The number of nitrogens with zero attached hydrogens (tertiary/aromatic N) is 3. The zero-order chi connectivity index (χ0) is 23.0. The number of anilines is 2. The Hall–Kier alpha value is -3.52. The Morgan fingerprint density at radius 2 is 1.84 bits per heavy atom. The maximum absolute atomic E-state index is 12.9. The van der Waals surface area contributed by atoms with E-state index in [0.29, 0.717) is 38.9 Å². The maximum Gasteiger partial charge on any atom is 0.287 e. The maximum atomic E-state index is 12.9. The first-order valence-electron chi connectivity index (χ1n) is 10.1. The first-order chi connectivity index (χ1) is 15.3. The summed E-state index contributed by atoms with van der Waals surface area (Å²) in [6.07, 6.45) is 1.62. The van der Waals surface area contributed by atoms with Crippen molar-refractivity contribution in [2.45, 2.75) is 26.8 Å². The molecule has 0 radical (unpaired) electrons. The van der Waals surface area contributed by atoms with E-state index in [2.05, 4.69) is 15.6 Å². The van der Waals surface area contributed by atoms with Gasteiger partial charge in [0.1, 0.15) is 5.52 Å². The van der Waals surface area contributed by atoms with Crippen molar-refractivity contribution in [2.24, 2.45) is 0 Å². The van der Waals surface area contributed by atoms with Crippen molar-refractivity contribution in [1.82, 2.24) is 19.7 Å². The van der Waals surface area contributed by atoms with Crippen LogP contribution < -0.4 is 20.1 Å². The molecule has 32 heavy (non-hydrogen) atoms. The standard InChI is InChI=1S/C23H24ClN5O3/c1-12(2)26-23(30)22-25-11-17-21(28-20-13(3)7-6-8-14(20)24)27-15-9-18(31-4)19(32-5)10-16(15)29(17)22/h6-12H,1-5H3,(H,26,30)(H,27,28). The molecule has 2 heterocycles. The van der Waals surface area contributed by atoms with Crippen LogP contribution in [0.4, 0.5) is 11.5 Å². The van der Waals surface area contributed by atoms with E-state index in [0.717, 1.165) is 11.3 Å². The summed E-state index contributed by atoms with van der Waals surface area (Å²) in [5.74, 6) is 1.51. The average Bonchev–Trinajstić information content (AvgIpc) is 3.21. The molecule has 0 unspecified atom stereocenters. The van der Waals surface area contributed by atoms with Gasteiger partial charge < -0.3 is 20.1 Å². The zero-order valence-electron chi connectivity index (χ0n) is 18.5. The summed E-state index contributed by atoms with van der Waals surface area (Å²) in [7, 11) is 3.12. The second-order valence-corrected chi connectivity index (χ2v) is 8.05. The third kappa shape index (κ3) is 3.78. The first kappa shape index (κ1) is 21.7. The van der Waals surface area contributed by atoms with E-state index in [1.807, 2.05) is 32.9 Å². The highest BCUT2D eigenvalue weighted by molar-refractivity contribution is 6.33. The van der Waals surface area contributed by atoms with E-state index in [9.17, 15) is 4.79 Å². The van der Waals surface area contributed by atoms with Gasteiger partial charge in [-0.1, -0.05) is 23.7 Å². The van der Waals surface area contributed by atoms with Crippen molar-refractivity contribution >= 4 is 45.6 Å². The fourth-order valence-electron chi connectivity index (χ4n) is 3.55. The molecule has 0 aliphatic carbocycles. The molecule has 0 spiro atoms. The van der Waals surface area contributed by atoms with Gasteiger partial charge in [0.15, 0.2) is 17.3 Å². The van der Waals surface area contributed by atoms with E-state index < -0.39 is 0 Å². The molecule has 0 saturated carbocycles. The van der Waals surface area contributed by atoms with Gasteiger partial charge in [-0.2, -0.15) is 0 Å². The summed E-state index contributed by atoms with van der Waals surface area (Å²) in [6.45, 7) is 5.75. The molecule has 0 fully saturated rings. The van der Waals surface area contributed by atoms with Crippen molar-refractivity contribution in [3.8, 4) is 11.5 Å². The highest BCUT2D eigenvalue weighted by Crippen LogP contribution is 2.36. The molecule has 9 heteroatoms. The number of fused-ring (bicyclic) bond motifs is 3. The molecule has 0 saturated heterocycles. The number of carbonyl (C=O) groups is 1. The summed E-state index contributed by atoms with van der Waals surface area (Å²) < 4.78 is 12.7. The van der Waals surface area contributed by atoms with E-state index >= 15 is 0 Å². The summed E-state index contributed by atoms with van der Waals surface area (Å²) in [4.78, 5) is 22.1. The van der Waals surface area contributed by atoms with Gasteiger partial charge in [-0.3, -0.25) is 9.20 Å². The normalized spacial score (nSPS) is 11.2. The highest BCUT2D eigenvalue weighted by atomic mass is 35.5. The average molecular weight is 454 g/mol. The van der Waals surface area contributed by atoms with Crippen molar-refractivity contribution in [2.75, 3.05) is 19.5 Å². The Labute approximate surface area is 190 Å². The van der Waals surface area contributed by atoms with Gasteiger partial charge in [0.05, 0.1) is 42.2 Å². The Morgan fingerprint density at radius 1 is 1.12 bits per heavy atom. The van der Waals surface area contributed by atoms with Crippen LogP contribution in [0.25, 0.3) is 16.6 Å². The molecule has 2 N–H and O–H groups in total. The second kappa shape index (κ2) is 8.55. The van der Waals surface area contributed by atoms with Gasteiger partial charge in [0.25, 0.3) is 5.91 Å². The molecule has 2 aromatic heterocycles. The first-order valence-corrected chi connectivity index (χ1v) is 10.5. The third-order valence-electron chi connectivity index (χ3n) is 5.05. The lowest BCUT2D eigenvalue weighted by atomic mass is 10.2. The number of rotatable bonds is 6. The van der Waals surface area contributed by atoms with Crippen LogP contribution in [0.5, 0.6) is 11.5 Å². The molecular weight excluding hydrogens is 430 g/mol. The molecule has 166 valence electrons. The Balaban J connectivity index is 2.02. The molecule has 1 amide bonds. The SMILES string of the molecule is COc1cc2nc(Nc3c(C)cccc3Cl)c3cnc(C(=O)NC(C)C)n3c2cc1OC. The number of amides is 1. The van der Waals surface area contributed by atoms with E-state index in [4.69, 9.17) is 26.1 Å². The lowest BCUT2D eigenvalue weighted by Crippen LogP contribution is -2.31. The minimum atomic E-state index is -0.290. The van der Waals surface area contributed by atoms with Crippen LogP contribution in [-0.4, -0.2) is 40.5 Å². The molecule has 8 nitrogen and oxygen atoms in total. The second-order valence-electron chi connectivity index (χ2n) is 7.64.